The molecule has 18 heavy (non-hydrogen) atoms. The minimum atomic E-state index is -0.345. The number of hydrogen-bond acceptors (Lipinski definition) is 3. The Hall–Kier alpha value is -2.20. The van der Waals surface area contributed by atoms with E-state index in [1.54, 1.807) is 0 Å². The van der Waals surface area contributed by atoms with Crippen LogP contribution in [0.5, 0.6) is 11.5 Å². The fourth-order valence-electron chi connectivity index (χ4n) is 1.41. The molecule has 2 aromatic carbocycles. The van der Waals surface area contributed by atoms with E-state index in [0.717, 1.165) is 0 Å². The third-order valence-electron chi connectivity index (χ3n) is 2.33. The minimum Gasteiger partial charge on any atom is -0.508 e. The van der Waals surface area contributed by atoms with Gasteiger partial charge < -0.3 is 15.5 Å². The van der Waals surface area contributed by atoms with Crippen LogP contribution in [-0.4, -0.2) is 16.1 Å². The Labute approximate surface area is 108 Å². The molecule has 0 aromatic heterocycles. The van der Waals surface area contributed by atoms with Crippen LogP contribution in [0.4, 0.5) is 5.69 Å². The first-order chi connectivity index (χ1) is 8.56. The van der Waals surface area contributed by atoms with Crippen molar-refractivity contribution in [3.63, 3.8) is 0 Å². The summed E-state index contributed by atoms with van der Waals surface area (Å²) in [6, 6.07) is 10.1. The van der Waals surface area contributed by atoms with E-state index >= 15 is 0 Å². The van der Waals surface area contributed by atoms with Crippen molar-refractivity contribution >= 4 is 23.2 Å². The zero-order valence-electron chi connectivity index (χ0n) is 9.22. The average Bonchev–Trinajstić information content (AvgIpc) is 2.33. The Morgan fingerprint density at radius 2 is 1.61 bits per heavy atom. The van der Waals surface area contributed by atoms with Crippen LogP contribution in [0.2, 0.25) is 5.02 Å². The Bertz CT molecular complexity index is 581. The summed E-state index contributed by atoms with van der Waals surface area (Å²) >= 11 is 5.87. The predicted octanol–water partition coefficient (Wildman–Crippen LogP) is 3.00. The Morgan fingerprint density at radius 1 is 1.00 bits per heavy atom. The van der Waals surface area contributed by atoms with Gasteiger partial charge in [0.1, 0.15) is 11.5 Å². The number of anilines is 1. The molecule has 0 aliphatic rings. The molecule has 5 heteroatoms. The van der Waals surface area contributed by atoms with Gasteiger partial charge in [0.05, 0.1) is 10.7 Å². The van der Waals surface area contributed by atoms with Crippen molar-refractivity contribution in [2.24, 2.45) is 0 Å². The molecule has 4 nitrogen and oxygen atoms in total. The number of carbonyl (C=O) groups is 1. The van der Waals surface area contributed by atoms with Gasteiger partial charge in [-0.3, -0.25) is 4.79 Å². The molecule has 0 aliphatic heterocycles. The highest BCUT2D eigenvalue weighted by molar-refractivity contribution is 6.34. The van der Waals surface area contributed by atoms with E-state index < -0.39 is 0 Å². The van der Waals surface area contributed by atoms with Gasteiger partial charge in [-0.2, -0.15) is 0 Å². The van der Waals surface area contributed by atoms with Crippen LogP contribution in [0, 0.1) is 0 Å². The third-order valence-corrected chi connectivity index (χ3v) is 2.64. The molecule has 0 atom stereocenters. The second-order valence-corrected chi connectivity index (χ2v) is 4.07. The van der Waals surface area contributed by atoms with Gasteiger partial charge in [-0.25, -0.2) is 0 Å². The number of carbonyl (C=O) groups excluding carboxylic acids is 1. The smallest absolute Gasteiger partial charge is 0.255 e. The SMILES string of the molecule is O=C(Nc1ccc(O)cc1Cl)c1ccc(O)cc1. The lowest BCUT2D eigenvalue weighted by atomic mass is 10.2. The number of phenolic OH excluding ortho intramolecular Hbond substituents is 2. The Morgan fingerprint density at radius 3 is 2.22 bits per heavy atom. The van der Waals surface area contributed by atoms with Crippen molar-refractivity contribution < 1.29 is 15.0 Å². The molecule has 0 saturated heterocycles. The molecule has 2 rings (SSSR count). The highest BCUT2D eigenvalue weighted by atomic mass is 35.5. The van der Waals surface area contributed by atoms with Crippen LogP contribution in [0.25, 0.3) is 0 Å². The molecule has 1 amide bonds. The van der Waals surface area contributed by atoms with Crippen molar-refractivity contribution in [3.05, 3.63) is 53.1 Å². The van der Waals surface area contributed by atoms with E-state index in [-0.39, 0.29) is 22.4 Å². The van der Waals surface area contributed by atoms with E-state index in [4.69, 9.17) is 16.7 Å². The van der Waals surface area contributed by atoms with Crippen LogP contribution < -0.4 is 5.32 Å². The second-order valence-electron chi connectivity index (χ2n) is 3.67. The van der Waals surface area contributed by atoms with Crippen LogP contribution in [-0.2, 0) is 0 Å². The first kappa shape index (κ1) is 12.3. The summed E-state index contributed by atoms with van der Waals surface area (Å²) in [6.07, 6.45) is 0. The topological polar surface area (TPSA) is 69.6 Å². The van der Waals surface area contributed by atoms with Gasteiger partial charge in [0.25, 0.3) is 5.91 Å². The highest BCUT2D eigenvalue weighted by Crippen LogP contribution is 2.26. The number of amides is 1. The molecule has 0 fully saturated rings. The first-order valence-corrected chi connectivity index (χ1v) is 5.53. The summed E-state index contributed by atoms with van der Waals surface area (Å²) in [4.78, 5) is 11.8. The summed E-state index contributed by atoms with van der Waals surface area (Å²) in [5, 5.41) is 21.2. The molecule has 0 aliphatic carbocycles. The number of rotatable bonds is 2. The Kier molecular flexibility index (Phi) is 3.39. The number of aromatic hydroxyl groups is 2. The summed E-state index contributed by atoms with van der Waals surface area (Å²) in [7, 11) is 0. The molecule has 0 radical (unpaired) electrons. The van der Waals surface area contributed by atoms with Crippen LogP contribution in [0.3, 0.4) is 0 Å². The van der Waals surface area contributed by atoms with E-state index in [2.05, 4.69) is 5.32 Å². The molecule has 0 bridgehead atoms. The molecule has 0 heterocycles. The highest BCUT2D eigenvalue weighted by Gasteiger charge is 2.08. The minimum absolute atomic E-state index is 0.0302. The lowest BCUT2D eigenvalue weighted by Gasteiger charge is -2.07. The zero-order valence-corrected chi connectivity index (χ0v) is 9.98. The fourth-order valence-corrected chi connectivity index (χ4v) is 1.63. The maximum Gasteiger partial charge on any atom is 0.255 e. The van der Waals surface area contributed by atoms with Crippen LogP contribution in [0.15, 0.2) is 42.5 Å². The maximum absolute atomic E-state index is 11.8. The number of nitrogens with one attached hydrogen (secondary N) is 1. The number of benzene rings is 2. The lowest BCUT2D eigenvalue weighted by molar-refractivity contribution is 0.102. The summed E-state index contributed by atoms with van der Waals surface area (Å²) < 4.78 is 0. The molecule has 3 N–H and O–H groups in total. The fraction of sp³-hybridized carbons (Fsp3) is 0. The molecular formula is C13H10ClNO3. The number of phenols is 2. The largest absolute Gasteiger partial charge is 0.508 e. The first-order valence-electron chi connectivity index (χ1n) is 5.15. The van der Waals surface area contributed by atoms with Gasteiger partial charge in [0.15, 0.2) is 0 Å². The Balaban J connectivity index is 2.18. The van der Waals surface area contributed by atoms with Crippen molar-refractivity contribution in [3.8, 4) is 11.5 Å². The van der Waals surface area contributed by atoms with Gasteiger partial charge in [-0.1, -0.05) is 11.6 Å². The number of hydrogen-bond donors (Lipinski definition) is 3. The van der Waals surface area contributed by atoms with Gasteiger partial charge >= 0.3 is 0 Å². The summed E-state index contributed by atoms with van der Waals surface area (Å²) in [5.41, 5.74) is 0.810. The van der Waals surface area contributed by atoms with E-state index in [1.807, 2.05) is 0 Å². The predicted molar refractivity (Wildman–Crippen MR) is 69.2 cm³/mol. The average molecular weight is 264 g/mol. The molecular weight excluding hydrogens is 254 g/mol. The zero-order chi connectivity index (χ0) is 13.1. The van der Waals surface area contributed by atoms with Gasteiger partial charge in [-0.05, 0) is 36.4 Å². The lowest BCUT2D eigenvalue weighted by Crippen LogP contribution is -2.11. The van der Waals surface area contributed by atoms with E-state index in [1.165, 1.54) is 42.5 Å². The van der Waals surface area contributed by atoms with Crippen molar-refractivity contribution in [1.82, 2.24) is 0 Å². The summed E-state index contributed by atoms with van der Waals surface area (Å²) in [5.74, 6) is -0.223. The number of halogens is 1. The normalized spacial score (nSPS) is 10.1. The second kappa shape index (κ2) is 4.98. The molecule has 0 spiro atoms. The van der Waals surface area contributed by atoms with Crippen molar-refractivity contribution in [2.75, 3.05) is 5.32 Å². The summed E-state index contributed by atoms with van der Waals surface area (Å²) in [6.45, 7) is 0. The standard InChI is InChI=1S/C13H10ClNO3/c14-11-7-10(17)5-6-12(11)15-13(18)8-1-3-9(16)4-2-8/h1-7,16-17H,(H,15,18). The molecule has 0 unspecified atom stereocenters. The van der Waals surface area contributed by atoms with E-state index in [0.29, 0.717) is 11.3 Å². The van der Waals surface area contributed by atoms with Crippen molar-refractivity contribution in [1.29, 1.82) is 0 Å². The van der Waals surface area contributed by atoms with Crippen LogP contribution in [0.1, 0.15) is 10.4 Å². The quantitative estimate of drug-likeness (QED) is 0.730. The van der Waals surface area contributed by atoms with E-state index in [9.17, 15) is 9.90 Å². The van der Waals surface area contributed by atoms with Crippen molar-refractivity contribution in [2.45, 2.75) is 0 Å². The van der Waals surface area contributed by atoms with Crippen LogP contribution >= 0.6 is 11.6 Å². The third kappa shape index (κ3) is 2.73. The van der Waals surface area contributed by atoms with Gasteiger partial charge in [0, 0.05) is 11.6 Å². The molecule has 92 valence electrons. The maximum atomic E-state index is 11.8. The van der Waals surface area contributed by atoms with Gasteiger partial charge in [-0.15, -0.1) is 0 Å². The monoisotopic (exact) mass is 263 g/mol. The molecule has 2 aromatic rings. The van der Waals surface area contributed by atoms with Gasteiger partial charge in [0.2, 0.25) is 0 Å². The molecule has 0 saturated carbocycles.